The number of amides is 1. The van der Waals surface area contributed by atoms with Crippen LogP contribution in [0, 0.1) is 0 Å². The van der Waals surface area contributed by atoms with E-state index in [1.807, 2.05) is 103 Å². The molecule has 0 spiro atoms. The first kappa shape index (κ1) is 31.4. The van der Waals surface area contributed by atoms with Crippen molar-refractivity contribution in [2.45, 2.75) is 6.54 Å². The second kappa shape index (κ2) is 15.7. The minimum Gasteiger partial charge on any atom is -0.378 e. The number of nitrogens with zero attached hydrogens (tertiary/aromatic N) is 2. The van der Waals surface area contributed by atoms with Crippen LogP contribution in [0.2, 0.25) is 10.0 Å². The SMILES string of the molecule is NCCOCCOCCNC(=O)c1ccc(Cn2c(-c3ccccc3)nc(-c3ccccc3Cl)c2-c2ccccc2Cl)cc1. The molecular weight excluding hydrogens is 595 g/mol. The Morgan fingerprint density at radius 2 is 1.36 bits per heavy atom. The van der Waals surface area contributed by atoms with Crippen LogP contribution in [0.5, 0.6) is 0 Å². The van der Waals surface area contributed by atoms with Gasteiger partial charge in [-0.05, 0) is 29.8 Å². The molecule has 0 atom stereocenters. The number of benzene rings is 4. The van der Waals surface area contributed by atoms with Crippen molar-refractivity contribution < 1.29 is 14.3 Å². The predicted molar refractivity (Wildman–Crippen MR) is 177 cm³/mol. The van der Waals surface area contributed by atoms with Gasteiger partial charge >= 0.3 is 0 Å². The molecule has 0 unspecified atom stereocenters. The van der Waals surface area contributed by atoms with Crippen molar-refractivity contribution in [3.8, 4) is 33.9 Å². The maximum absolute atomic E-state index is 12.7. The number of ether oxygens (including phenoxy) is 2. The van der Waals surface area contributed by atoms with Crippen LogP contribution in [0.25, 0.3) is 33.9 Å². The molecule has 226 valence electrons. The number of hydrogen-bond acceptors (Lipinski definition) is 5. The smallest absolute Gasteiger partial charge is 0.251 e. The summed E-state index contributed by atoms with van der Waals surface area (Å²) in [4.78, 5) is 17.9. The van der Waals surface area contributed by atoms with E-state index < -0.39 is 0 Å². The zero-order valence-electron chi connectivity index (χ0n) is 24.2. The highest BCUT2D eigenvalue weighted by atomic mass is 35.5. The molecule has 4 aromatic carbocycles. The summed E-state index contributed by atoms with van der Waals surface area (Å²) >= 11 is 13.5. The van der Waals surface area contributed by atoms with E-state index in [9.17, 15) is 4.79 Å². The molecule has 0 radical (unpaired) electrons. The van der Waals surface area contributed by atoms with E-state index in [0.717, 1.165) is 39.5 Å². The van der Waals surface area contributed by atoms with Crippen molar-refractivity contribution in [1.29, 1.82) is 0 Å². The van der Waals surface area contributed by atoms with E-state index in [-0.39, 0.29) is 5.91 Å². The minimum atomic E-state index is -0.162. The molecule has 0 aliphatic heterocycles. The van der Waals surface area contributed by atoms with E-state index in [0.29, 0.717) is 61.7 Å². The summed E-state index contributed by atoms with van der Waals surface area (Å²) < 4.78 is 12.9. The monoisotopic (exact) mass is 628 g/mol. The summed E-state index contributed by atoms with van der Waals surface area (Å²) in [5.41, 5.74) is 11.2. The molecule has 3 N–H and O–H groups in total. The topological polar surface area (TPSA) is 91.4 Å². The van der Waals surface area contributed by atoms with Crippen LogP contribution >= 0.6 is 23.2 Å². The molecule has 0 saturated carbocycles. The van der Waals surface area contributed by atoms with Gasteiger partial charge in [-0.3, -0.25) is 4.79 Å². The average Bonchev–Trinajstić information content (AvgIpc) is 3.41. The number of carbonyl (C=O) groups excluding carboxylic acids is 1. The zero-order valence-corrected chi connectivity index (χ0v) is 25.7. The third-order valence-corrected chi connectivity index (χ3v) is 7.64. The highest BCUT2D eigenvalue weighted by Crippen LogP contribution is 2.41. The van der Waals surface area contributed by atoms with Gasteiger partial charge in [0.15, 0.2) is 0 Å². The fraction of sp³-hybridized carbons (Fsp3) is 0.200. The molecule has 9 heteroatoms. The summed E-state index contributed by atoms with van der Waals surface area (Å²) in [7, 11) is 0. The maximum Gasteiger partial charge on any atom is 0.251 e. The van der Waals surface area contributed by atoms with Gasteiger partial charge in [0.2, 0.25) is 0 Å². The standard InChI is InChI=1S/C35H34Cl2N4O3/c36-30-12-6-4-10-28(30)32-33(29-11-5-7-13-31(29)37)41(34(40-32)26-8-2-1-3-9-26)24-25-14-16-27(17-15-25)35(42)39-19-21-44-23-22-43-20-18-38/h1-17H,18-24,38H2,(H,39,42). The summed E-state index contributed by atoms with van der Waals surface area (Å²) in [6.45, 7) is 3.22. The molecule has 5 aromatic rings. The Kier molecular flexibility index (Phi) is 11.2. The van der Waals surface area contributed by atoms with Crippen molar-refractivity contribution in [2.75, 3.05) is 39.5 Å². The molecule has 7 nitrogen and oxygen atoms in total. The lowest BCUT2D eigenvalue weighted by atomic mass is 10.0. The second-order valence-electron chi connectivity index (χ2n) is 10.0. The molecule has 0 fully saturated rings. The van der Waals surface area contributed by atoms with E-state index in [4.69, 9.17) is 43.4 Å². The minimum absolute atomic E-state index is 0.162. The van der Waals surface area contributed by atoms with Crippen LogP contribution in [0.4, 0.5) is 0 Å². The van der Waals surface area contributed by atoms with E-state index in [1.165, 1.54) is 0 Å². The highest BCUT2D eigenvalue weighted by molar-refractivity contribution is 6.34. The molecular formula is C35H34Cl2N4O3. The summed E-state index contributed by atoms with van der Waals surface area (Å²) in [6, 6.07) is 33.1. The number of rotatable bonds is 14. The van der Waals surface area contributed by atoms with Gasteiger partial charge in [-0.1, -0.05) is 102 Å². The van der Waals surface area contributed by atoms with Crippen molar-refractivity contribution in [3.05, 3.63) is 124 Å². The fourth-order valence-electron chi connectivity index (χ4n) is 4.87. The van der Waals surface area contributed by atoms with Crippen LogP contribution in [-0.4, -0.2) is 55.0 Å². The number of aromatic nitrogens is 2. The molecule has 5 rings (SSSR count). The van der Waals surface area contributed by atoms with Crippen molar-refractivity contribution >= 4 is 29.1 Å². The molecule has 0 aliphatic rings. The van der Waals surface area contributed by atoms with E-state index >= 15 is 0 Å². The number of carbonyl (C=O) groups is 1. The highest BCUT2D eigenvalue weighted by Gasteiger charge is 2.24. The Bertz CT molecular complexity index is 1670. The van der Waals surface area contributed by atoms with Gasteiger partial charge in [-0.2, -0.15) is 0 Å². The van der Waals surface area contributed by atoms with E-state index in [2.05, 4.69) is 9.88 Å². The molecule has 1 amide bonds. The Hall–Kier alpha value is -3.98. The summed E-state index contributed by atoms with van der Waals surface area (Å²) in [5, 5.41) is 4.11. The normalized spacial score (nSPS) is 11.1. The predicted octanol–water partition coefficient (Wildman–Crippen LogP) is 6.96. The van der Waals surface area contributed by atoms with Gasteiger partial charge in [0.25, 0.3) is 5.91 Å². The lowest BCUT2D eigenvalue weighted by Gasteiger charge is -2.15. The van der Waals surface area contributed by atoms with Crippen LogP contribution in [-0.2, 0) is 16.0 Å². The van der Waals surface area contributed by atoms with Crippen molar-refractivity contribution in [3.63, 3.8) is 0 Å². The molecule has 0 saturated heterocycles. The first-order valence-corrected chi connectivity index (χ1v) is 15.2. The molecule has 1 aromatic heterocycles. The van der Waals surface area contributed by atoms with Gasteiger partial charge < -0.3 is 25.1 Å². The average molecular weight is 630 g/mol. The molecule has 0 bridgehead atoms. The Morgan fingerprint density at radius 1 is 0.750 bits per heavy atom. The van der Waals surface area contributed by atoms with Gasteiger partial charge in [0, 0.05) is 46.9 Å². The summed E-state index contributed by atoms with van der Waals surface area (Å²) in [5.74, 6) is 0.621. The lowest BCUT2D eigenvalue weighted by molar-refractivity contribution is 0.0511. The van der Waals surface area contributed by atoms with Crippen LogP contribution < -0.4 is 11.1 Å². The Morgan fingerprint density at radius 3 is 2.02 bits per heavy atom. The van der Waals surface area contributed by atoms with Crippen molar-refractivity contribution in [1.82, 2.24) is 14.9 Å². The third kappa shape index (κ3) is 7.75. The number of nitrogens with one attached hydrogen (secondary N) is 1. The number of halogens is 2. The van der Waals surface area contributed by atoms with Crippen molar-refractivity contribution in [2.24, 2.45) is 5.73 Å². The largest absolute Gasteiger partial charge is 0.378 e. The fourth-order valence-corrected chi connectivity index (χ4v) is 5.32. The molecule has 0 aliphatic carbocycles. The van der Waals surface area contributed by atoms with Gasteiger partial charge in [-0.25, -0.2) is 4.98 Å². The van der Waals surface area contributed by atoms with Crippen LogP contribution in [0.3, 0.4) is 0 Å². The Labute approximate surface area is 267 Å². The number of imidazole rings is 1. The quantitative estimate of drug-likeness (QED) is 0.130. The van der Waals surface area contributed by atoms with E-state index in [1.54, 1.807) is 0 Å². The lowest BCUT2D eigenvalue weighted by Crippen LogP contribution is -2.27. The Balaban J connectivity index is 1.43. The summed E-state index contributed by atoms with van der Waals surface area (Å²) in [6.07, 6.45) is 0. The number of nitrogens with two attached hydrogens (primary N) is 1. The van der Waals surface area contributed by atoms with Gasteiger partial charge in [0.1, 0.15) is 5.82 Å². The zero-order chi connectivity index (χ0) is 30.7. The first-order chi connectivity index (χ1) is 21.6. The molecule has 1 heterocycles. The number of hydrogen-bond donors (Lipinski definition) is 2. The first-order valence-electron chi connectivity index (χ1n) is 14.4. The maximum atomic E-state index is 12.7. The van der Waals surface area contributed by atoms with Gasteiger partial charge in [-0.15, -0.1) is 0 Å². The third-order valence-electron chi connectivity index (χ3n) is 6.98. The van der Waals surface area contributed by atoms with Gasteiger partial charge in [0.05, 0.1) is 42.8 Å². The van der Waals surface area contributed by atoms with Crippen LogP contribution in [0.1, 0.15) is 15.9 Å². The second-order valence-corrected chi connectivity index (χ2v) is 10.8. The molecule has 44 heavy (non-hydrogen) atoms. The van der Waals surface area contributed by atoms with Crippen LogP contribution in [0.15, 0.2) is 103 Å².